The summed E-state index contributed by atoms with van der Waals surface area (Å²) in [6, 6.07) is 8.08. The number of H-pyrrole nitrogens is 1. The topological polar surface area (TPSA) is 61.0 Å². The van der Waals surface area contributed by atoms with Crippen LogP contribution in [-0.2, 0) is 11.2 Å². The SMILES string of the molecule is O=C(N[C@@H]1CCN(c2ccc(Cl)cc2)C1)[C@@H]1CCCc2[nH]ncc21. The first-order valence-corrected chi connectivity index (χ1v) is 8.91. The summed E-state index contributed by atoms with van der Waals surface area (Å²) in [5.74, 6) is 0.0809. The van der Waals surface area contributed by atoms with Gasteiger partial charge in [0.25, 0.3) is 0 Å². The number of hydrogen-bond donors (Lipinski definition) is 2. The van der Waals surface area contributed by atoms with E-state index in [2.05, 4.69) is 20.4 Å². The first-order valence-electron chi connectivity index (χ1n) is 8.54. The molecule has 6 heteroatoms. The van der Waals surface area contributed by atoms with Crippen molar-refractivity contribution in [3.8, 4) is 0 Å². The van der Waals surface area contributed by atoms with Gasteiger partial charge in [0.2, 0.25) is 5.91 Å². The molecule has 2 N–H and O–H groups in total. The van der Waals surface area contributed by atoms with E-state index in [1.165, 1.54) is 0 Å². The second-order valence-corrected chi connectivity index (χ2v) is 7.10. The summed E-state index contributed by atoms with van der Waals surface area (Å²) in [7, 11) is 0. The number of halogens is 1. The summed E-state index contributed by atoms with van der Waals surface area (Å²) in [6.07, 6.45) is 5.72. The molecular weight excluding hydrogens is 324 g/mol. The van der Waals surface area contributed by atoms with Crippen LogP contribution in [0.2, 0.25) is 5.02 Å². The molecule has 0 radical (unpaired) electrons. The number of aromatic nitrogens is 2. The maximum absolute atomic E-state index is 12.7. The van der Waals surface area contributed by atoms with Crippen molar-refractivity contribution in [2.75, 3.05) is 18.0 Å². The molecular formula is C18H21ClN4O. The van der Waals surface area contributed by atoms with E-state index in [1.54, 1.807) is 0 Å². The molecule has 2 aromatic rings. The number of carbonyl (C=O) groups is 1. The molecule has 126 valence electrons. The van der Waals surface area contributed by atoms with Crippen molar-refractivity contribution < 1.29 is 4.79 Å². The number of hydrogen-bond acceptors (Lipinski definition) is 3. The number of carbonyl (C=O) groups excluding carboxylic acids is 1. The summed E-state index contributed by atoms with van der Waals surface area (Å²) in [6.45, 7) is 1.80. The van der Waals surface area contributed by atoms with Crippen LogP contribution < -0.4 is 10.2 Å². The molecule has 5 nitrogen and oxygen atoms in total. The van der Waals surface area contributed by atoms with Gasteiger partial charge < -0.3 is 10.2 Å². The number of anilines is 1. The van der Waals surface area contributed by atoms with Crippen LogP contribution in [-0.4, -0.2) is 35.2 Å². The van der Waals surface area contributed by atoms with Crippen molar-refractivity contribution >= 4 is 23.2 Å². The lowest BCUT2D eigenvalue weighted by atomic mass is 9.86. The van der Waals surface area contributed by atoms with E-state index in [9.17, 15) is 4.79 Å². The molecule has 2 atom stereocenters. The highest BCUT2D eigenvalue weighted by Crippen LogP contribution is 2.31. The van der Waals surface area contributed by atoms with Gasteiger partial charge in [0, 0.05) is 41.1 Å². The van der Waals surface area contributed by atoms with Crippen molar-refractivity contribution in [3.63, 3.8) is 0 Å². The lowest BCUT2D eigenvalue weighted by Crippen LogP contribution is -2.40. The molecule has 1 saturated heterocycles. The third-order valence-corrected chi connectivity index (χ3v) is 5.34. The Bertz CT molecular complexity index is 727. The molecule has 1 aliphatic carbocycles. The lowest BCUT2D eigenvalue weighted by Gasteiger charge is -2.24. The molecule has 4 rings (SSSR count). The third kappa shape index (κ3) is 3.00. The maximum Gasteiger partial charge on any atom is 0.227 e. The van der Waals surface area contributed by atoms with E-state index >= 15 is 0 Å². The molecule has 0 bridgehead atoms. The zero-order valence-corrected chi connectivity index (χ0v) is 14.2. The van der Waals surface area contributed by atoms with Crippen LogP contribution in [0.15, 0.2) is 30.5 Å². The lowest BCUT2D eigenvalue weighted by molar-refractivity contribution is -0.123. The minimum absolute atomic E-state index is 0.0583. The van der Waals surface area contributed by atoms with E-state index in [0.29, 0.717) is 0 Å². The second-order valence-electron chi connectivity index (χ2n) is 6.67. The van der Waals surface area contributed by atoms with Crippen LogP contribution in [0.3, 0.4) is 0 Å². The van der Waals surface area contributed by atoms with Crippen molar-refractivity contribution in [2.45, 2.75) is 37.6 Å². The van der Waals surface area contributed by atoms with Crippen LogP contribution in [0, 0.1) is 0 Å². The molecule has 1 amide bonds. The molecule has 0 unspecified atom stereocenters. The van der Waals surface area contributed by atoms with Gasteiger partial charge in [-0.25, -0.2) is 0 Å². The number of aryl methyl sites for hydroxylation is 1. The molecule has 0 spiro atoms. The minimum atomic E-state index is -0.0583. The molecule has 1 aromatic heterocycles. The van der Waals surface area contributed by atoms with E-state index in [-0.39, 0.29) is 17.9 Å². The molecule has 1 aliphatic heterocycles. The Morgan fingerprint density at radius 2 is 2.12 bits per heavy atom. The predicted octanol–water partition coefficient (Wildman–Crippen LogP) is 2.88. The fraction of sp³-hybridized carbons (Fsp3) is 0.444. The van der Waals surface area contributed by atoms with Crippen LogP contribution in [0.4, 0.5) is 5.69 Å². The zero-order valence-electron chi connectivity index (χ0n) is 13.5. The number of fused-ring (bicyclic) bond motifs is 1. The Balaban J connectivity index is 1.39. The van der Waals surface area contributed by atoms with E-state index in [0.717, 1.165) is 60.7 Å². The standard InChI is InChI=1S/C18H21ClN4O/c19-12-4-6-14(7-5-12)23-9-8-13(11-23)21-18(24)15-2-1-3-17-16(15)10-20-22-17/h4-7,10,13,15H,1-3,8-9,11H2,(H,20,22)(H,21,24)/t13-,15-/m1/s1. The monoisotopic (exact) mass is 344 g/mol. The van der Waals surface area contributed by atoms with Gasteiger partial charge in [-0.1, -0.05) is 11.6 Å². The normalized spacial score (nSPS) is 23.1. The van der Waals surface area contributed by atoms with E-state index in [4.69, 9.17) is 11.6 Å². The van der Waals surface area contributed by atoms with Gasteiger partial charge in [-0.2, -0.15) is 5.10 Å². The molecule has 24 heavy (non-hydrogen) atoms. The molecule has 2 aliphatic rings. The third-order valence-electron chi connectivity index (χ3n) is 5.09. The van der Waals surface area contributed by atoms with Gasteiger partial charge in [-0.05, 0) is 49.9 Å². The number of rotatable bonds is 3. The summed E-state index contributed by atoms with van der Waals surface area (Å²) in [5, 5.41) is 11.1. The first-order chi connectivity index (χ1) is 11.7. The van der Waals surface area contributed by atoms with Crippen molar-refractivity contribution in [1.29, 1.82) is 0 Å². The van der Waals surface area contributed by atoms with Gasteiger partial charge in [0.05, 0.1) is 12.1 Å². The number of nitrogens with one attached hydrogen (secondary N) is 2. The van der Waals surface area contributed by atoms with Crippen LogP contribution >= 0.6 is 11.6 Å². The van der Waals surface area contributed by atoms with Gasteiger partial charge in [-0.15, -0.1) is 0 Å². The van der Waals surface area contributed by atoms with Crippen molar-refractivity contribution in [1.82, 2.24) is 15.5 Å². The number of aromatic amines is 1. The fourth-order valence-corrected chi connectivity index (χ4v) is 3.93. The highest BCUT2D eigenvalue weighted by molar-refractivity contribution is 6.30. The number of nitrogens with zero attached hydrogens (tertiary/aromatic N) is 2. The highest BCUT2D eigenvalue weighted by atomic mass is 35.5. The smallest absolute Gasteiger partial charge is 0.227 e. The average Bonchev–Trinajstić information content (AvgIpc) is 3.24. The average molecular weight is 345 g/mol. The van der Waals surface area contributed by atoms with E-state index in [1.807, 2.05) is 30.5 Å². The highest BCUT2D eigenvalue weighted by Gasteiger charge is 2.31. The number of benzene rings is 1. The quantitative estimate of drug-likeness (QED) is 0.900. The maximum atomic E-state index is 12.7. The van der Waals surface area contributed by atoms with Gasteiger partial charge >= 0.3 is 0 Å². The summed E-state index contributed by atoms with van der Waals surface area (Å²) in [4.78, 5) is 15.0. The van der Waals surface area contributed by atoms with Crippen LogP contribution in [0.25, 0.3) is 0 Å². The summed E-state index contributed by atoms with van der Waals surface area (Å²) < 4.78 is 0. The molecule has 1 fully saturated rings. The first kappa shape index (κ1) is 15.5. The van der Waals surface area contributed by atoms with Crippen LogP contribution in [0.5, 0.6) is 0 Å². The summed E-state index contributed by atoms with van der Waals surface area (Å²) >= 11 is 5.95. The van der Waals surface area contributed by atoms with Crippen molar-refractivity contribution in [2.24, 2.45) is 0 Å². The summed E-state index contributed by atoms with van der Waals surface area (Å²) in [5.41, 5.74) is 3.35. The fourth-order valence-electron chi connectivity index (χ4n) is 3.80. The second kappa shape index (κ2) is 6.48. The molecule has 1 aromatic carbocycles. The van der Waals surface area contributed by atoms with Gasteiger partial charge in [0.1, 0.15) is 0 Å². The van der Waals surface area contributed by atoms with Crippen molar-refractivity contribution in [3.05, 3.63) is 46.7 Å². The van der Waals surface area contributed by atoms with Gasteiger partial charge in [0.15, 0.2) is 0 Å². The Morgan fingerprint density at radius 1 is 1.29 bits per heavy atom. The molecule has 2 heterocycles. The zero-order chi connectivity index (χ0) is 16.5. The van der Waals surface area contributed by atoms with Gasteiger partial charge in [-0.3, -0.25) is 9.89 Å². The van der Waals surface area contributed by atoms with Crippen LogP contribution in [0.1, 0.15) is 36.4 Å². The number of amides is 1. The predicted molar refractivity (Wildman–Crippen MR) is 94.5 cm³/mol. The Labute approximate surface area is 146 Å². The van der Waals surface area contributed by atoms with E-state index < -0.39 is 0 Å². The largest absolute Gasteiger partial charge is 0.369 e. The Hall–Kier alpha value is -2.01. The Morgan fingerprint density at radius 3 is 2.96 bits per heavy atom. The minimum Gasteiger partial charge on any atom is -0.369 e. The molecule has 0 saturated carbocycles. The Kier molecular flexibility index (Phi) is 4.19.